The lowest BCUT2D eigenvalue weighted by Gasteiger charge is -2.50. The van der Waals surface area contributed by atoms with Gasteiger partial charge in [-0.2, -0.15) is 0 Å². The Labute approximate surface area is 208 Å². The highest BCUT2D eigenvalue weighted by molar-refractivity contribution is 6.24. The second kappa shape index (κ2) is 8.61. The summed E-state index contributed by atoms with van der Waals surface area (Å²) in [6.45, 7) is 0.0457. The number of ether oxygens (including phenoxy) is 1. The third-order valence-electron chi connectivity index (χ3n) is 7.56. The van der Waals surface area contributed by atoms with Crippen molar-refractivity contribution in [3.05, 3.63) is 39.7 Å². The number of carbonyl (C=O) groups excluding carboxylic acids is 3. The number of aliphatic hydroxyl groups is 3. The molecule has 4 rings (SSSR count). The number of nitrogens with zero attached hydrogens (tertiary/aromatic N) is 2. The van der Waals surface area contributed by atoms with E-state index in [0.29, 0.717) is 16.8 Å². The number of phenolic OH excluding ortho intramolecular Hbond substituents is 1. The lowest BCUT2D eigenvalue weighted by molar-refractivity contribution is -0.153. The third-order valence-corrected chi connectivity index (χ3v) is 7.56. The summed E-state index contributed by atoms with van der Waals surface area (Å²) in [5.74, 6) is -6.71. The van der Waals surface area contributed by atoms with E-state index >= 15 is 0 Å². The Morgan fingerprint density at radius 3 is 2.36 bits per heavy atom. The van der Waals surface area contributed by atoms with E-state index in [1.54, 1.807) is 34.3 Å². The molecule has 0 unspecified atom stereocenters. The number of fused-ring (bicyclic) bond motifs is 3. The molecule has 0 heterocycles. The van der Waals surface area contributed by atoms with Crippen LogP contribution in [0.3, 0.4) is 0 Å². The van der Waals surface area contributed by atoms with Crippen LogP contribution in [0, 0.1) is 11.8 Å². The molecule has 1 aromatic rings. The molecule has 0 aromatic heterocycles. The number of hydrogen-bond acceptors (Lipinski definition) is 10. The van der Waals surface area contributed by atoms with Crippen molar-refractivity contribution in [2.24, 2.45) is 17.6 Å². The van der Waals surface area contributed by atoms with Crippen LogP contribution in [0.1, 0.15) is 23.1 Å². The molecular formula is C25H31N3O8. The zero-order valence-electron chi connectivity index (χ0n) is 20.8. The predicted molar refractivity (Wildman–Crippen MR) is 129 cm³/mol. The van der Waals surface area contributed by atoms with Crippen molar-refractivity contribution in [3.63, 3.8) is 0 Å². The molecule has 0 spiro atoms. The van der Waals surface area contributed by atoms with Crippen molar-refractivity contribution < 1.29 is 39.5 Å². The summed E-state index contributed by atoms with van der Waals surface area (Å²) in [4.78, 5) is 42.3. The molecule has 6 N–H and O–H groups in total. The molecule has 1 amide bonds. The molecule has 0 saturated heterocycles. The Bertz CT molecular complexity index is 1250. The van der Waals surface area contributed by atoms with Crippen molar-refractivity contribution in [2.75, 3.05) is 40.2 Å². The van der Waals surface area contributed by atoms with Crippen LogP contribution in [0.25, 0.3) is 5.76 Å². The molecule has 0 aliphatic heterocycles. The van der Waals surface area contributed by atoms with Crippen LogP contribution in [-0.4, -0.2) is 89.7 Å². The van der Waals surface area contributed by atoms with Gasteiger partial charge in [0.25, 0.3) is 5.91 Å². The summed E-state index contributed by atoms with van der Waals surface area (Å²) < 4.78 is 5.17. The minimum absolute atomic E-state index is 0.0409. The van der Waals surface area contributed by atoms with E-state index in [0.717, 1.165) is 0 Å². The normalized spacial score (nSPS) is 27.7. The maximum absolute atomic E-state index is 13.9. The fourth-order valence-electron chi connectivity index (χ4n) is 6.01. The van der Waals surface area contributed by atoms with E-state index in [4.69, 9.17) is 10.5 Å². The molecule has 0 radical (unpaired) electrons. The topological polar surface area (TPSA) is 174 Å². The monoisotopic (exact) mass is 501 g/mol. The van der Waals surface area contributed by atoms with Gasteiger partial charge in [0.1, 0.15) is 22.8 Å². The molecule has 1 saturated carbocycles. The van der Waals surface area contributed by atoms with Crippen molar-refractivity contribution in [2.45, 2.75) is 31.1 Å². The van der Waals surface area contributed by atoms with E-state index in [1.807, 2.05) is 4.90 Å². The smallest absolute Gasteiger partial charge is 0.255 e. The summed E-state index contributed by atoms with van der Waals surface area (Å²) in [5.41, 5.74) is 3.40. The van der Waals surface area contributed by atoms with Gasteiger partial charge in [-0.15, -0.1) is 0 Å². The first kappa shape index (κ1) is 25.7. The zero-order valence-corrected chi connectivity index (χ0v) is 20.8. The summed E-state index contributed by atoms with van der Waals surface area (Å²) in [5, 5.41) is 44.9. The average Bonchev–Trinajstić information content (AvgIpc) is 2.77. The van der Waals surface area contributed by atoms with Crippen LogP contribution in [0.15, 0.2) is 23.0 Å². The molecule has 1 fully saturated rings. The molecule has 36 heavy (non-hydrogen) atoms. The number of hydrogen-bond donors (Lipinski definition) is 5. The van der Waals surface area contributed by atoms with Gasteiger partial charge in [0.2, 0.25) is 5.78 Å². The number of aliphatic hydroxyl groups excluding tert-OH is 2. The molecule has 3 aliphatic rings. The van der Waals surface area contributed by atoms with Gasteiger partial charge in [0, 0.05) is 43.9 Å². The van der Waals surface area contributed by atoms with E-state index in [1.165, 1.54) is 12.0 Å². The number of primary amides is 1. The van der Waals surface area contributed by atoms with Crippen LogP contribution < -0.4 is 10.6 Å². The Balaban J connectivity index is 2.00. The van der Waals surface area contributed by atoms with E-state index in [2.05, 4.69) is 0 Å². The summed E-state index contributed by atoms with van der Waals surface area (Å²) in [6.07, 6.45) is 0.266. The highest BCUT2D eigenvalue weighted by Gasteiger charge is 2.64. The van der Waals surface area contributed by atoms with Gasteiger partial charge in [-0.3, -0.25) is 19.3 Å². The molecule has 11 heteroatoms. The van der Waals surface area contributed by atoms with Gasteiger partial charge in [-0.1, -0.05) is 0 Å². The summed E-state index contributed by atoms with van der Waals surface area (Å²) >= 11 is 0. The van der Waals surface area contributed by atoms with E-state index in [9.17, 15) is 34.8 Å². The van der Waals surface area contributed by atoms with Crippen LogP contribution in [0.2, 0.25) is 0 Å². The molecule has 194 valence electrons. The second-order valence-corrected chi connectivity index (χ2v) is 10.0. The number of likely N-dealkylation sites (N-methyl/N-ethyl adjacent to an activating group) is 1. The standard InChI is InChI=1S/C25H31N3O8/c1-27(2)14-8-11(9-36-5)19(29)16-12(14)6-10-7-13-18(28(3)4)21(31)17(24(26)34)23(33)25(13,35)22(32)15(10)20(16)30/h8,10,13,18,29-30,33,35H,6-7,9H2,1-5H3,(H2,26,34)/t10-,13-,18-,25-/m1/s1. The highest BCUT2D eigenvalue weighted by Crippen LogP contribution is 2.54. The Morgan fingerprint density at radius 1 is 1.19 bits per heavy atom. The van der Waals surface area contributed by atoms with Gasteiger partial charge in [0.15, 0.2) is 11.4 Å². The van der Waals surface area contributed by atoms with Crippen molar-refractivity contribution in [1.29, 1.82) is 0 Å². The lowest BCUT2D eigenvalue weighted by atomic mass is 9.57. The van der Waals surface area contributed by atoms with Crippen LogP contribution in [-0.2, 0) is 32.1 Å². The first-order valence-corrected chi connectivity index (χ1v) is 11.5. The summed E-state index contributed by atoms with van der Waals surface area (Å²) in [6, 6.07) is 0.630. The van der Waals surface area contributed by atoms with Gasteiger partial charge in [-0.05, 0) is 44.5 Å². The fraction of sp³-hybridized carbons (Fsp3) is 0.480. The highest BCUT2D eigenvalue weighted by atomic mass is 16.5. The number of benzene rings is 1. The molecule has 1 aromatic carbocycles. The Kier molecular flexibility index (Phi) is 6.14. The minimum Gasteiger partial charge on any atom is -0.508 e. The second-order valence-electron chi connectivity index (χ2n) is 10.0. The molecule has 3 aliphatic carbocycles. The van der Waals surface area contributed by atoms with Gasteiger partial charge >= 0.3 is 0 Å². The number of Topliss-reactive ketones (excluding diaryl/α,β-unsaturated/α-hetero) is 2. The number of carbonyl (C=O) groups is 3. The number of methoxy groups -OCH3 is 1. The van der Waals surface area contributed by atoms with Crippen molar-refractivity contribution >= 4 is 28.9 Å². The number of ketones is 2. The van der Waals surface area contributed by atoms with Crippen LogP contribution in [0.5, 0.6) is 5.75 Å². The maximum atomic E-state index is 13.9. The summed E-state index contributed by atoms with van der Waals surface area (Å²) in [7, 11) is 8.19. The van der Waals surface area contributed by atoms with Gasteiger partial charge in [0.05, 0.1) is 18.2 Å². The Hall–Kier alpha value is -3.41. The first-order valence-electron chi connectivity index (χ1n) is 11.5. The number of aromatic hydroxyl groups is 1. The number of anilines is 1. The maximum Gasteiger partial charge on any atom is 0.255 e. The Morgan fingerprint density at radius 2 is 1.83 bits per heavy atom. The van der Waals surface area contributed by atoms with Crippen molar-refractivity contribution in [3.8, 4) is 5.75 Å². The first-order chi connectivity index (χ1) is 16.8. The molecule has 0 bridgehead atoms. The number of phenols is 1. The lowest BCUT2D eigenvalue weighted by Crippen LogP contribution is -2.65. The van der Waals surface area contributed by atoms with E-state index < -0.39 is 58.0 Å². The zero-order chi connectivity index (χ0) is 26.9. The predicted octanol–water partition coefficient (Wildman–Crippen LogP) is 0.176. The van der Waals surface area contributed by atoms with Gasteiger partial charge < -0.3 is 35.8 Å². The molecule has 4 atom stereocenters. The molecular weight excluding hydrogens is 470 g/mol. The number of amides is 1. The number of nitrogens with two attached hydrogens (primary N) is 1. The van der Waals surface area contributed by atoms with Crippen LogP contribution in [0.4, 0.5) is 5.69 Å². The largest absolute Gasteiger partial charge is 0.508 e. The van der Waals surface area contributed by atoms with Crippen molar-refractivity contribution in [1.82, 2.24) is 4.90 Å². The number of rotatable bonds is 5. The molecule has 11 nitrogen and oxygen atoms in total. The van der Waals surface area contributed by atoms with E-state index in [-0.39, 0.29) is 36.3 Å². The SMILES string of the molecule is COCc1cc(N(C)C)c2c(c1O)C(O)=C1C(=O)[C@@]3(O)C(O)=C(C(N)=O)C(=O)[C@H](N(C)C)[C@H]3C[C@H]1C2. The fourth-order valence-corrected chi connectivity index (χ4v) is 6.01. The minimum atomic E-state index is -2.66. The van der Waals surface area contributed by atoms with Gasteiger partial charge in [-0.25, -0.2) is 0 Å². The third kappa shape index (κ3) is 3.34. The quantitative estimate of drug-likeness (QED) is 0.350. The van der Waals surface area contributed by atoms with Crippen LogP contribution >= 0.6 is 0 Å². The average molecular weight is 502 g/mol.